The Morgan fingerprint density at radius 2 is 1.82 bits per heavy atom. The van der Waals surface area contributed by atoms with Crippen molar-refractivity contribution in [2.24, 2.45) is 5.73 Å². The molecule has 0 unspecified atom stereocenters. The van der Waals surface area contributed by atoms with Gasteiger partial charge in [-0.25, -0.2) is 0 Å². The van der Waals surface area contributed by atoms with E-state index in [0.717, 1.165) is 0 Å². The molecule has 0 aliphatic heterocycles. The van der Waals surface area contributed by atoms with Crippen molar-refractivity contribution in [2.75, 3.05) is 0 Å². The molecule has 0 spiro atoms. The Bertz CT molecular complexity index is 149. The number of carboxylic acid groups (broad SMARTS) is 2. The van der Waals surface area contributed by atoms with E-state index < -0.39 is 18.0 Å². The number of nitrogens with two attached hydrogens (primary N) is 1. The molecule has 1 atom stereocenters. The maximum atomic E-state index is 9.99. The van der Waals surface area contributed by atoms with Gasteiger partial charge in [-0.1, -0.05) is 0 Å². The van der Waals surface area contributed by atoms with E-state index in [9.17, 15) is 9.59 Å². The molecular formula is C5H9LiNO4. The van der Waals surface area contributed by atoms with Crippen molar-refractivity contribution in [2.45, 2.75) is 18.9 Å². The minimum Gasteiger partial charge on any atom is -0.481 e. The molecule has 0 amide bonds. The molecule has 0 aliphatic rings. The van der Waals surface area contributed by atoms with E-state index in [4.69, 9.17) is 15.9 Å². The van der Waals surface area contributed by atoms with Crippen LogP contribution in [0.25, 0.3) is 0 Å². The molecule has 0 aromatic heterocycles. The fraction of sp³-hybridized carbons (Fsp3) is 0.600. The van der Waals surface area contributed by atoms with Crippen LogP contribution in [0.1, 0.15) is 12.8 Å². The molecule has 0 heterocycles. The van der Waals surface area contributed by atoms with Gasteiger partial charge in [0.2, 0.25) is 0 Å². The summed E-state index contributed by atoms with van der Waals surface area (Å²) in [5.41, 5.74) is 5.00. The summed E-state index contributed by atoms with van der Waals surface area (Å²) in [4.78, 5) is 19.9. The summed E-state index contributed by atoms with van der Waals surface area (Å²) in [6.07, 6.45) is -0.224. The molecule has 11 heavy (non-hydrogen) atoms. The van der Waals surface area contributed by atoms with Crippen LogP contribution < -0.4 is 5.73 Å². The fourth-order valence-corrected chi connectivity index (χ4v) is 0.402. The molecule has 59 valence electrons. The van der Waals surface area contributed by atoms with Crippen molar-refractivity contribution >= 4 is 30.8 Å². The molecule has 0 fully saturated rings. The Balaban J connectivity index is 0. The molecule has 0 saturated carbocycles. The molecule has 1 radical (unpaired) electrons. The van der Waals surface area contributed by atoms with E-state index in [1.54, 1.807) is 0 Å². The van der Waals surface area contributed by atoms with Gasteiger partial charge in [0.25, 0.3) is 0 Å². The minimum atomic E-state index is -1.17. The number of hydrogen-bond acceptors (Lipinski definition) is 3. The van der Waals surface area contributed by atoms with E-state index in [0.29, 0.717) is 0 Å². The zero-order valence-electron chi connectivity index (χ0n) is 6.28. The first-order valence-corrected chi connectivity index (χ1v) is 2.74. The van der Waals surface area contributed by atoms with Crippen molar-refractivity contribution < 1.29 is 19.8 Å². The quantitative estimate of drug-likeness (QED) is 0.445. The molecule has 6 heteroatoms. The summed E-state index contributed by atoms with van der Waals surface area (Å²) in [5.74, 6) is -2.20. The Kier molecular flexibility index (Phi) is 7.42. The van der Waals surface area contributed by atoms with Gasteiger partial charge in [0, 0.05) is 25.3 Å². The van der Waals surface area contributed by atoms with Crippen LogP contribution in [0.5, 0.6) is 0 Å². The Hall–Kier alpha value is -0.503. The van der Waals surface area contributed by atoms with E-state index >= 15 is 0 Å². The second-order valence-electron chi connectivity index (χ2n) is 1.88. The third-order valence-corrected chi connectivity index (χ3v) is 0.986. The normalized spacial score (nSPS) is 11.4. The smallest absolute Gasteiger partial charge is 0.320 e. The number of carboxylic acids is 2. The summed E-state index contributed by atoms with van der Waals surface area (Å²) in [6, 6.07) is -1.06. The molecule has 0 rings (SSSR count). The summed E-state index contributed by atoms with van der Waals surface area (Å²) in [7, 11) is 0. The Labute approximate surface area is 75.7 Å². The van der Waals surface area contributed by atoms with Crippen LogP contribution in [-0.4, -0.2) is 47.1 Å². The molecule has 5 nitrogen and oxygen atoms in total. The van der Waals surface area contributed by atoms with Gasteiger partial charge in [-0.2, -0.15) is 0 Å². The Morgan fingerprint density at radius 1 is 1.36 bits per heavy atom. The summed E-state index contributed by atoms with van der Waals surface area (Å²) < 4.78 is 0. The van der Waals surface area contributed by atoms with E-state index in [1.165, 1.54) is 0 Å². The number of hydrogen-bond donors (Lipinski definition) is 3. The topological polar surface area (TPSA) is 101 Å². The van der Waals surface area contributed by atoms with Gasteiger partial charge in [0.1, 0.15) is 6.04 Å². The maximum Gasteiger partial charge on any atom is 0.320 e. The first-order valence-electron chi connectivity index (χ1n) is 2.74. The summed E-state index contributed by atoms with van der Waals surface area (Å²) >= 11 is 0. The zero-order valence-corrected chi connectivity index (χ0v) is 6.28. The van der Waals surface area contributed by atoms with E-state index in [-0.39, 0.29) is 31.7 Å². The summed E-state index contributed by atoms with van der Waals surface area (Å²) in [6.45, 7) is 0. The Morgan fingerprint density at radius 3 is 2.09 bits per heavy atom. The standard InChI is InChI=1S/C5H9NO4.Li/c6-3(5(9)10)1-2-4(7)8;/h3H,1-2,6H2,(H,7,8)(H,9,10);/t3-;/m0./s1. The molecular weight excluding hydrogens is 145 g/mol. The van der Waals surface area contributed by atoms with Gasteiger partial charge in [0.05, 0.1) is 0 Å². The largest absolute Gasteiger partial charge is 0.481 e. The third-order valence-electron chi connectivity index (χ3n) is 0.986. The van der Waals surface area contributed by atoms with Crippen LogP contribution in [0.3, 0.4) is 0 Å². The van der Waals surface area contributed by atoms with Gasteiger partial charge < -0.3 is 15.9 Å². The average molecular weight is 154 g/mol. The summed E-state index contributed by atoms with van der Waals surface area (Å²) in [5, 5.41) is 16.3. The molecule has 0 aliphatic carbocycles. The van der Waals surface area contributed by atoms with Crippen molar-refractivity contribution in [3.8, 4) is 0 Å². The van der Waals surface area contributed by atoms with Crippen molar-refractivity contribution in [1.82, 2.24) is 0 Å². The number of aliphatic carboxylic acids is 2. The second-order valence-corrected chi connectivity index (χ2v) is 1.88. The molecule has 0 aromatic rings. The van der Waals surface area contributed by atoms with Crippen LogP contribution in [0.4, 0.5) is 0 Å². The van der Waals surface area contributed by atoms with Crippen LogP contribution >= 0.6 is 0 Å². The predicted molar refractivity (Wildman–Crippen MR) is 38.2 cm³/mol. The fourth-order valence-electron chi connectivity index (χ4n) is 0.402. The van der Waals surface area contributed by atoms with E-state index in [2.05, 4.69) is 0 Å². The molecule has 0 aromatic carbocycles. The van der Waals surface area contributed by atoms with Gasteiger partial charge >= 0.3 is 11.9 Å². The zero-order chi connectivity index (χ0) is 8.15. The van der Waals surface area contributed by atoms with Crippen LogP contribution in [0, 0.1) is 0 Å². The third kappa shape index (κ3) is 7.39. The van der Waals surface area contributed by atoms with E-state index in [1.807, 2.05) is 0 Å². The van der Waals surface area contributed by atoms with Gasteiger partial charge in [-0.05, 0) is 6.42 Å². The monoisotopic (exact) mass is 154 g/mol. The van der Waals surface area contributed by atoms with Crippen molar-refractivity contribution in [1.29, 1.82) is 0 Å². The van der Waals surface area contributed by atoms with Gasteiger partial charge in [-0.15, -0.1) is 0 Å². The molecule has 0 saturated heterocycles. The van der Waals surface area contributed by atoms with Crippen LogP contribution in [-0.2, 0) is 9.59 Å². The SMILES string of the molecule is N[C@@H](CCC(=O)O)C(=O)O.[Li]. The van der Waals surface area contributed by atoms with Gasteiger partial charge in [0.15, 0.2) is 0 Å². The minimum absolute atomic E-state index is 0. The van der Waals surface area contributed by atoms with Crippen molar-refractivity contribution in [3.05, 3.63) is 0 Å². The molecule has 4 N–H and O–H groups in total. The van der Waals surface area contributed by atoms with Crippen LogP contribution in [0.2, 0.25) is 0 Å². The van der Waals surface area contributed by atoms with Crippen molar-refractivity contribution in [3.63, 3.8) is 0 Å². The van der Waals surface area contributed by atoms with Gasteiger partial charge in [-0.3, -0.25) is 9.59 Å². The second kappa shape index (κ2) is 6.22. The first kappa shape index (κ1) is 13.1. The molecule has 0 bridgehead atoms. The predicted octanol–water partition coefficient (Wildman–Crippen LogP) is -1.12. The average Bonchev–Trinajstić information content (AvgIpc) is 1.82. The number of carbonyl (C=O) groups is 2. The first-order chi connectivity index (χ1) is 4.54. The maximum absolute atomic E-state index is 9.99. The van der Waals surface area contributed by atoms with Crippen LogP contribution in [0.15, 0.2) is 0 Å². The number of rotatable bonds is 4.